The molecule has 1 aliphatic carbocycles. The molecule has 0 aliphatic heterocycles. The molecule has 136 valence electrons. The van der Waals surface area contributed by atoms with Crippen LogP contribution in [0.3, 0.4) is 0 Å². The van der Waals surface area contributed by atoms with Gasteiger partial charge < -0.3 is 20.7 Å². The lowest BCUT2D eigenvalue weighted by atomic mass is 9.87. The minimum atomic E-state index is 0.283. The molecule has 7 nitrogen and oxygen atoms in total. The monoisotopic (exact) mass is 344 g/mol. The molecule has 3 rings (SSSR count). The molecule has 1 aromatic heterocycles. The van der Waals surface area contributed by atoms with Crippen LogP contribution in [0.25, 0.3) is 0 Å². The molecule has 0 amide bonds. The first-order valence-electron chi connectivity index (χ1n) is 8.87. The van der Waals surface area contributed by atoms with E-state index in [0.29, 0.717) is 18.6 Å². The number of benzene rings is 1. The number of rotatable bonds is 7. The number of nitrogen functional groups attached to an aromatic ring is 1. The molecular formula is C18H28N6O. The Kier molecular flexibility index (Phi) is 5.43. The van der Waals surface area contributed by atoms with Gasteiger partial charge in [0.2, 0.25) is 11.9 Å². The molecule has 1 unspecified atom stereocenters. The summed E-state index contributed by atoms with van der Waals surface area (Å²) < 4.78 is 7.59. The fourth-order valence-corrected chi connectivity index (χ4v) is 3.40. The van der Waals surface area contributed by atoms with Crippen molar-refractivity contribution in [3.63, 3.8) is 0 Å². The van der Waals surface area contributed by atoms with Gasteiger partial charge in [-0.2, -0.15) is 4.98 Å². The summed E-state index contributed by atoms with van der Waals surface area (Å²) in [5, 5.41) is 7.22. The number of hydrogen-bond donors (Lipinski definition) is 2. The van der Waals surface area contributed by atoms with Gasteiger partial charge in [0.1, 0.15) is 5.75 Å². The summed E-state index contributed by atoms with van der Waals surface area (Å²) in [6.45, 7) is 1.42. The molecule has 0 radical (unpaired) electrons. The van der Waals surface area contributed by atoms with Gasteiger partial charge in [-0.25, -0.2) is 4.68 Å². The molecule has 0 saturated carbocycles. The average Bonchev–Trinajstić information content (AvgIpc) is 2.91. The highest BCUT2D eigenvalue weighted by atomic mass is 16.5. The molecule has 25 heavy (non-hydrogen) atoms. The second kappa shape index (κ2) is 7.74. The highest BCUT2D eigenvalue weighted by Crippen LogP contribution is 2.35. The number of nitrogens with zero attached hydrogens (tertiary/aromatic N) is 4. The van der Waals surface area contributed by atoms with E-state index >= 15 is 0 Å². The zero-order chi connectivity index (χ0) is 17.8. The van der Waals surface area contributed by atoms with Crippen LogP contribution in [0, 0.1) is 0 Å². The number of fused-ring (bicyclic) bond motifs is 1. The van der Waals surface area contributed by atoms with Gasteiger partial charge in [0.05, 0.1) is 6.61 Å². The molecule has 0 spiro atoms. The van der Waals surface area contributed by atoms with E-state index in [1.54, 1.807) is 4.68 Å². The number of anilines is 2. The van der Waals surface area contributed by atoms with Crippen molar-refractivity contribution in [3.05, 3.63) is 29.3 Å². The topological polar surface area (TPSA) is 81.2 Å². The third kappa shape index (κ3) is 4.22. The molecular weight excluding hydrogens is 316 g/mol. The molecule has 2 aromatic rings. The fourth-order valence-electron chi connectivity index (χ4n) is 3.40. The first-order valence-corrected chi connectivity index (χ1v) is 8.87. The van der Waals surface area contributed by atoms with Gasteiger partial charge in [-0.1, -0.05) is 6.07 Å². The third-order valence-corrected chi connectivity index (χ3v) is 4.68. The van der Waals surface area contributed by atoms with Crippen molar-refractivity contribution >= 4 is 11.9 Å². The molecule has 0 bridgehead atoms. The average molecular weight is 344 g/mol. The van der Waals surface area contributed by atoms with Gasteiger partial charge in [-0.05, 0) is 63.0 Å². The van der Waals surface area contributed by atoms with Gasteiger partial charge in [0.25, 0.3) is 0 Å². The van der Waals surface area contributed by atoms with E-state index in [4.69, 9.17) is 10.5 Å². The van der Waals surface area contributed by atoms with Gasteiger partial charge in [0, 0.05) is 19.6 Å². The second-order valence-corrected chi connectivity index (χ2v) is 6.78. The SMILES string of the molecule is CN(C)C1CCCc2ccc(OCCCNc3nc(N)nn3C)cc21. The Labute approximate surface area is 149 Å². The summed E-state index contributed by atoms with van der Waals surface area (Å²) in [6, 6.07) is 7.03. The fraction of sp³-hybridized carbons (Fsp3) is 0.556. The summed E-state index contributed by atoms with van der Waals surface area (Å²) in [7, 11) is 6.12. The molecule has 1 aromatic carbocycles. The number of nitrogens with two attached hydrogens (primary N) is 1. The van der Waals surface area contributed by atoms with Crippen LogP contribution in [0.15, 0.2) is 18.2 Å². The van der Waals surface area contributed by atoms with Crippen molar-refractivity contribution in [2.45, 2.75) is 31.7 Å². The van der Waals surface area contributed by atoms with Crippen LogP contribution in [0.4, 0.5) is 11.9 Å². The summed E-state index contributed by atoms with van der Waals surface area (Å²) in [5.74, 6) is 1.92. The Morgan fingerprint density at radius 1 is 1.40 bits per heavy atom. The number of ether oxygens (including phenoxy) is 1. The predicted octanol–water partition coefficient (Wildman–Crippen LogP) is 2.22. The first kappa shape index (κ1) is 17.5. The Morgan fingerprint density at radius 3 is 2.96 bits per heavy atom. The van der Waals surface area contributed by atoms with Crippen LogP contribution in [0.1, 0.15) is 36.4 Å². The van der Waals surface area contributed by atoms with Gasteiger partial charge >= 0.3 is 0 Å². The minimum Gasteiger partial charge on any atom is -0.494 e. The van der Waals surface area contributed by atoms with Crippen molar-refractivity contribution in [1.29, 1.82) is 0 Å². The van der Waals surface area contributed by atoms with E-state index < -0.39 is 0 Å². The normalized spacial score (nSPS) is 16.7. The van der Waals surface area contributed by atoms with Crippen molar-refractivity contribution in [2.75, 3.05) is 38.3 Å². The van der Waals surface area contributed by atoms with E-state index in [1.165, 1.54) is 30.4 Å². The van der Waals surface area contributed by atoms with E-state index in [1.807, 2.05) is 7.05 Å². The lowest BCUT2D eigenvalue weighted by molar-refractivity contribution is 0.265. The molecule has 1 heterocycles. The lowest BCUT2D eigenvalue weighted by Crippen LogP contribution is -2.24. The Bertz CT molecular complexity index is 712. The Morgan fingerprint density at radius 2 is 2.24 bits per heavy atom. The standard InChI is InChI=1S/C18H28N6O/c1-23(2)16-7-4-6-13-8-9-14(12-15(13)16)25-11-5-10-20-18-21-17(19)22-24(18)3/h8-9,12,16H,4-7,10-11H2,1-3H3,(H3,19,20,21,22). The van der Waals surface area contributed by atoms with Crippen molar-refractivity contribution in [3.8, 4) is 5.75 Å². The van der Waals surface area contributed by atoms with E-state index in [2.05, 4.69) is 52.6 Å². The first-order chi connectivity index (χ1) is 12.0. The number of aryl methyl sites for hydroxylation is 2. The largest absolute Gasteiger partial charge is 0.494 e. The summed E-state index contributed by atoms with van der Waals surface area (Å²) in [6.07, 6.45) is 4.52. The highest BCUT2D eigenvalue weighted by molar-refractivity contribution is 5.39. The maximum absolute atomic E-state index is 5.95. The Balaban J connectivity index is 1.50. The summed E-state index contributed by atoms with van der Waals surface area (Å²) >= 11 is 0. The molecule has 0 saturated heterocycles. The quantitative estimate of drug-likeness (QED) is 0.750. The van der Waals surface area contributed by atoms with Crippen LogP contribution in [0.5, 0.6) is 5.75 Å². The molecule has 1 atom stereocenters. The highest BCUT2D eigenvalue weighted by Gasteiger charge is 2.22. The maximum Gasteiger partial charge on any atom is 0.241 e. The van der Waals surface area contributed by atoms with E-state index in [0.717, 1.165) is 18.7 Å². The van der Waals surface area contributed by atoms with Crippen LogP contribution in [-0.2, 0) is 13.5 Å². The second-order valence-electron chi connectivity index (χ2n) is 6.78. The maximum atomic E-state index is 5.95. The molecule has 1 aliphatic rings. The van der Waals surface area contributed by atoms with Gasteiger partial charge in [0.15, 0.2) is 0 Å². The predicted molar refractivity (Wildman–Crippen MR) is 99.8 cm³/mol. The zero-order valence-electron chi connectivity index (χ0n) is 15.3. The number of hydrogen-bond acceptors (Lipinski definition) is 6. The van der Waals surface area contributed by atoms with Gasteiger partial charge in [-0.15, -0.1) is 5.10 Å². The van der Waals surface area contributed by atoms with Crippen molar-refractivity contribution in [1.82, 2.24) is 19.7 Å². The van der Waals surface area contributed by atoms with Gasteiger partial charge in [-0.3, -0.25) is 0 Å². The lowest BCUT2D eigenvalue weighted by Gasteiger charge is -2.31. The number of aromatic nitrogens is 3. The van der Waals surface area contributed by atoms with E-state index in [-0.39, 0.29) is 5.95 Å². The van der Waals surface area contributed by atoms with Crippen LogP contribution in [0.2, 0.25) is 0 Å². The van der Waals surface area contributed by atoms with Crippen molar-refractivity contribution < 1.29 is 4.74 Å². The molecule has 3 N–H and O–H groups in total. The summed E-state index contributed by atoms with van der Waals surface area (Å²) in [4.78, 5) is 6.42. The molecule has 7 heteroatoms. The Hall–Kier alpha value is -2.28. The molecule has 0 fully saturated rings. The zero-order valence-corrected chi connectivity index (χ0v) is 15.3. The third-order valence-electron chi connectivity index (χ3n) is 4.68. The summed E-state index contributed by atoms with van der Waals surface area (Å²) in [5.41, 5.74) is 8.44. The van der Waals surface area contributed by atoms with Crippen molar-refractivity contribution in [2.24, 2.45) is 7.05 Å². The van der Waals surface area contributed by atoms with Crippen LogP contribution < -0.4 is 15.8 Å². The number of nitrogens with one attached hydrogen (secondary N) is 1. The van der Waals surface area contributed by atoms with Crippen LogP contribution >= 0.6 is 0 Å². The van der Waals surface area contributed by atoms with Crippen LogP contribution in [-0.4, -0.2) is 46.9 Å². The smallest absolute Gasteiger partial charge is 0.241 e. The van der Waals surface area contributed by atoms with E-state index in [9.17, 15) is 0 Å². The minimum absolute atomic E-state index is 0.283.